The van der Waals surface area contributed by atoms with Crippen molar-refractivity contribution in [3.05, 3.63) is 0 Å². The van der Waals surface area contributed by atoms with Crippen LogP contribution in [0.5, 0.6) is 0 Å². The van der Waals surface area contributed by atoms with E-state index in [0.29, 0.717) is 0 Å². The summed E-state index contributed by atoms with van der Waals surface area (Å²) in [5.74, 6) is 0.818. The molecule has 3 saturated heterocycles. The third-order valence-corrected chi connectivity index (χ3v) is 4.51. The largest absolute Gasteiger partial charge is 0.314 e. The smallest absolute Gasteiger partial charge is 0.0107 e. The average molecular weight is 493 g/mol. The molecule has 0 aromatic rings. The quantitative estimate of drug-likeness (QED) is 0.518. The average Bonchev–Trinajstić information content (AvgIpc) is 2.92. The van der Waals surface area contributed by atoms with Gasteiger partial charge in [-0.25, -0.2) is 0 Å². The van der Waals surface area contributed by atoms with E-state index >= 15 is 0 Å². The minimum Gasteiger partial charge on any atom is -0.314 e. The summed E-state index contributed by atoms with van der Waals surface area (Å²) in [6.45, 7) is 40.1. The van der Waals surface area contributed by atoms with Gasteiger partial charge in [-0.3, -0.25) is 0 Å². The lowest BCUT2D eigenvalue weighted by Crippen LogP contribution is -2.44. The predicted molar refractivity (Wildman–Crippen MR) is 162 cm³/mol. The van der Waals surface area contributed by atoms with Crippen LogP contribution in [0.4, 0.5) is 0 Å². The molecule has 3 aliphatic heterocycles. The maximum absolute atomic E-state index is 3.35. The minimum atomic E-state index is 0.818. The molecule has 0 atom stereocenters. The van der Waals surface area contributed by atoms with Gasteiger partial charge in [-0.05, 0) is 20.0 Å². The summed E-state index contributed by atoms with van der Waals surface area (Å²) in [7, 11) is 4.31. The molecule has 6 nitrogen and oxygen atoms in total. The predicted octanol–water partition coefficient (Wildman–Crippen LogP) is 4.72. The Kier molecular flexibility index (Phi) is 55.2. The van der Waals surface area contributed by atoms with Crippen molar-refractivity contribution in [1.82, 2.24) is 30.7 Å². The summed E-state index contributed by atoms with van der Waals surface area (Å²) < 4.78 is 0. The van der Waals surface area contributed by atoms with Crippen molar-refractivity contribution in [3.8, 4) is 0 Å². The van der Waals surface area contributed by atoms with Crippen molar-refractivity contribution in [3.63, 3.8) is 0 Å². The Bertz CT molecular complexity index is 256. The maximum Gasteiger partial charge on any atom is 0.0107 e. The van der Waals surface area contributed by atoms with Gasteiger partial charge in [0.15, 0.2) is 0 Å². The number of nitrogens with zero attached hydrogens (tertiary/aromatic N) is 3. The highest BCUT2D eigenvalue weighted by Gasteiger charge is 2.09. The fraction of sp³-hybridized carbons (Fsp3) is 1.00. The molecule has 0 radical (unpaired) electrons. The molecule has 214 valence electrons. The Morgan fingerprint density at radius 1 is 0.471 bits per heavy atom. The first kappa shape index (κ1) is 43.8. The normalized spacial score (nSPS) is 17.7. The van der Waals surface area contributed by atoms with Crippen LogP contribution in [0.15, 0.2) is 0 Å². The molecule has 0 unspecified atom stereocenters. The van der Waals surface area contributed by atoms with E-state index in [1.165, 1.54) is 58.9 Å². The van der Waals surface area contributed by atoms with Crippen LogP contribution < -0.4 is 16.0 Å². The van der Waals surface area contributed by atoms with Crippen molar-refractivity contribution in [1.29, 1.82) is 0 Å². The molecule has 6 heteroatoms. The van der Waals surface area contributed by atoms with Gasteiger partial charge in [0.1, 0.15) is 0 Å². The summed E-state index contributed by atoms with van der Waals surface area (Å²) in [6.07, 6.45) is 0. The fourth-order valence-corrected chi connectivity index (χ4v) is 2.96. The number of likely N-dealkylation sites (N-methyl/N-ethyl adjacent to an activating group) is 2. The van der Waals surface area contributed by atoms with Gasteiger partial charge in [-0.2, -0.15) is 0 Å². The number of hydrogen-bond acceptors (Lipinski definition) is 6. The standard InChI is InChI=1S/C8H18N2.2C5H12N2.5C2H6/c1-8(2)7-10-5-3-9-4-6-10;2*1-7-4-2-6-3-5-7;5*1-2/h8-9H,3-7H2,1-2H3;2*6H,2-5H2,1H3;5*1-2H3. The zero-order chi connectivity index (χ0) is 27.6. The summed E-state index contributed by atoms with van der Waals surface area (Å²) in [5, 5.41) is 9.89. The molecule has 3 fully saturated rings. The highest BCUT2D eigenvalue weighted by Crippen LogP contribution is 1.98. The second-order valence-electron chi connectivity index (χ2n) is 7.55. The molecule has 0 saturated carbocycles. The highest BCUT2D eigenvalue weighted by molar-refractivity contribution is 4.68. The summed E-state index contributed by atoms with van der Waals surface area (Å²) in [5.41, 5.74) is 0. The van der Waals surface area contributed by atoms with E-state index in [9.17, 15) is 0 Å². The fourth-order valence-electron chi connectivity index (χ4n) is 2.96. The van der Waals surface area contributed by atoms with E-state index in [1.807, 2.05) is 69.2 Å². The van der Waals surface area contributed by atoms with E-state index < -0.39 is 0 Å². The number of rotatable bonds is 2. The van der Waals surface area contributed by atoms with Gasteiger partial charge in [0, 0.05) is 85.1 Å². The van der Waals surface area contributed by atoms with E-state index in [4.69, 9.17) is 0 Å². The number of nitrogens with one attached hydrogen (secondary N) is 3. The Balaban J connectivity index is -0.000000106. The Morgan fingerprint density at radius 3 is 0.882 bits per heavy atom. The van der Waals surface area contributed by atoms with Crippen LogP contribution in [0.3, 0.4) is 0 Å². The molecular weight excluding hydrogens is 420 g/mol. The van der Waals surface area contributed by atoms with E-state index in [1.54, 1.807) is 0 Å². The Morgan fingerprint density at radius 2 is 0.706 bits per heavy atom. The van der Waals surface area contributed by atoms with Crippen LogP contribution in [0, 0.1) is 5.92 Å². The monoisotopic (exact) mass is 493 g/mol. The number of piperazine rings is 3. The second kappa shape index (κ2) is 42.9. The molecule has 3 heterocycles. The minimum absolute atomic E-state index is 0.818. The summed E-state index contributed by atoms with van der Waals surface area (Å²) >= 11 is 0. The van der Waals surface area contributed by atoms with Gasteiger partial charge in [-0.15, -0.1) is 0 Å². The summed E-state index contributed by atoms with van der Waals surface area (Å²) in [4.78, 5) is 7.19. The van der Waals surface area contributed by atoms with Crippen LogP contribution in [-0.2, 0) is 0 Å². The Hall–Kier alpha value is -0.240. The molecule has 3 N–H and O–H groups in total. The lowest BCUT2D eigenvalue weighted by molar-refractivity contribution is 0.217. The molecule has 0 spiro atoms. The number of hydrogen-bond donors (Lipinski definition) is 3. The molecule has 0 amide bonds. The highest BCUT2D eigenvalue weighted by atomic mass is 15.2. The van der Waals surface area contributed by atoms with Crippen LogP contribution in [0.2, 0.25) is 0 Å². The van der Waals surface area contributed by atoms with Crippen molar-refractivity contribution in [2.24, 2.45) is 5.92 Å². The van der Waals surface area contributed by atoms with Gasteiger partial charge >= 0.3 is 0 Å². The lowest BCUT2D eigenvalue weighted by Gasteiger charge is -2.28. The SMILES string of the molecule is CC.CC.CC.CC.CC.CC(C)CN1CCNCC1.CN1CCNCC1.CN1CCNCC1. The van der Waals surface area contributed by atoms with Crippen molar-refractivity contribution in [2.45, 2.75) is 83.1 Å². The van der Waals surface area contributed by atoms with Crippen LogP contribution in [0.25, 0.3) is 0 Å². The third kappa shape index (κ3) is 39.0. The molecular formula is C28H72N6. The third-order valence-electron chi connectivity index (χ3n) is 4.51. The van der Waals surface area contributed by atoms with Crippen molar-refractivity contribution in [2.75, 3.05) is 99.2 Å². The molecule has 0 bridgehead atoms. The van der Waals surface area contributed by atoms with E-state index in [2.05, 4.69) is 58.6 Å². The maximum atomic E-state index is 3.35. The van der Waals surface area contributed by atoms with E-state index in [-0.39, 0.29) is 0 Å². The van der Waals surface area contributed by atoms with Crippen LogP contribution in [0.1, 0.15) is 83.1 Å². The van der Waals surface area contributed by atoms with E-state index in [0.717, 1.165) is 32.1 Å². The van der Waals surface area contributed by atoms with Gasteiger partial charge in [0.25, 0.3) is 0 Å². The van der Waals surface area contributed by atoms with Gasteiger partial charge in [-0.1, -0.05) is 83.1 Å². The molecule has 0 aliphatic carbocycles. The van der Waals surface area contributed by atoms with Crippen LogP contribution >= 0.6 is 0 Å². The molecule has 0 aromatic carbocycles. The first-order chi connectivity index (χ1) is 16.6. The van der Waals surface area contributed by atoms with Gasteiger partial charge < -0.3 is 30.7 Å². The van der Waals surface area contributed by atoms with Crippen LogP contribution in [-0.4, -0.2) is 114 Å². The van der Waals surface area contributed by atoms with Crippen molar-refractivity contribution >= 4 is 0 Å². The van der Waals surface area contributed by atoms with Crippen molar-refractivity contribution < 1.29 is 0 Å². The zero-order valence-electron chi connectivity index (χ0n) is 26.6. The second-order valence-corrected chi connectivity index (χ2v) is 7.55. The van der Waals surface area contributed by atoms with Gasteiger partial charge in [0.2, 0.25) is 0 Å². The summed E-state index contributed by atoms with van der Waals surface area (Å²) in [6, 6.07) is 0. The molecule has 3 rings (SSSR count). The topological polar surface area (TPSA) is 45.8 Å². The lowest BCUT2D eigenvalue weighted by atomic mass is 10.2. The Labute approximate surface area is 219 Å². The molecule has 3 aliphatic rings. The zero-order valence-corrected chi connectivity index (χ0v) is 26.6. The first-order valence-corrected chi connectivity index (χ1v) is 14.8. The first-order valence-electron chi connectivity index (χ1n) is 14.8. The molecule has 0 aromatic heterocycles. The molecule has 34 heavy (non-hydrogen) atoms. The van der Waals surface area contributed by atoms with Gasteiger partial charge in [0.05, 0.1) is 0 Å².